The second kappa shape index (κ2) is 9.32. The smallest absolute Gasteiger partial charge is 0.271 e. The number of likely N-dealkylation sites (N-methyl/N-ethyl adjacent to an activating group) is 1. The molecule has 1 fully saturated rings. The summed E-state index contributed by atoms with van der Waals surface area (Å²) in [6.07, 6.45) is 10.3. The van der Waals surface area contributed by atoms with Crippen LogP contribution < -0.4 is 16.2 Å². The SMILES string of the molecule is CCN(c1cc(-c2ccncc2)c[nH]c1=O)[C@H]1CCCN(C(=O)/C=C/CN)C1. The fourth-order valence-corrected chi connectivity index (χ4v) is 3.70. The van der Waals surface area contributed by atoms with Crippen molar-refractivity contribution in [2.45, 2.75) is 25.8 Å². The number of hydrogen-bond donors (Lipinski definition) is 2. The lowest BCUT2D eigenvalue weighted by atomic mass is 10.0. The van der Waals surface area contributed by atoms with Gasteiger partial charge >= 0.3 is 0 Å². The van der Waals surface area contributed by atoms with E-state index in [-0.39, 0.29) is 17.5 Å². The van der Waals surface area contributed by atoms with Gasteiger partial charge in [-0.15, -0.1) is 0 Å². The molecule has 28 heavy (non-hydrogen) atoms. The number of pyridine rings is 2. The van der Waals surface area contributed by atoms with E-state index < -0.39 is 0 Å². The van der Waals surface area contributed by atoms with Crippen molar-refractivity contribution in [3.63, 3.8) is 0 Å². The van der Waals surface area contributed by atoms with Crippen molar-refractivity contribution >= 4 is 11.6 Å². The molecule has 0 spiro atoms. The molecule has 3 N–H and O–H groups in total. The van der Waals surface area contributed by atoms with Gasteiger partial charge in [-0.3, -0.25) is 14.6 Å². The lowest BCUT2D eigenvalue weighted by Crippen LogP contribution is -2.50. The average molecular weight is 381 g/mol. The number of aromatic amines is 1. The van der Waals surface area contributed by atoms with Gasteiger partial charge in [0.25, 0.3) is 5.56 Å². The summed E-state index contributed by atoms with van der Waals surface area (Å²) in [4.78, 5) is 35.8. The number of likely N-dealkylation sites (tertiary alicyclic amines) is 1. The minimum Gasteiger partial charge on any atom is -0.363 e. The molecule has 0 aliphatic carbocycles. The topological polar surface area (TPSA) is 95.3 Å². The van der Waals surface area contributed by atoms with Gasteiger partial charge in [-0.2, -0.15) is 0 Å². The number of anilines is 1. The largest absolute Gasteiger partial charge is 0.363 e. The first-order valence-corrected chi connectivity index (χ1v) is 9.69. The molecule has 1 aliphatic rings. The van der Waals surface area contributed by atoms with E-state index in [0.29, 0.717) is 25.3 Å². The van der Waals surface area contributed by atoms with Gasteiger partial charge < -0.3 is 20.5 Å². The summed E-state index contributed by atoms with van der Waals surface area (Å²) >= 11 is 0. The van der Waals surface area contributed by atoms with Crippen LogP contribution >= 0.6 is 0 Å². The number of carbonyl (C=O) groups is 1. The van der Waals surface area contributed by atoms with Crippen LogP contribution in [0.25, 0.3) is 11.1 Å². The molecule has 148 valence electrons. The van der Waals surface area contributed by atoms with E-state index in [4.69, 9.17) is 5.73 Å². The first-order valence-electron chi connectivity index (χ1n) is 9.69. The van der Waals surface area contributed by atoms with Crippen molar-refractivity contribution in [3.05, 3.63) is 59.3 Å². The monoisotopic (exact) mass is 381 g/mol. The molecule has 0 aromatic carbocycles. The molecule has 0 bridgehead atoms. The molecule has 1 atom stereocenters. The average Bonchev–Trinajstić information content (AvgIpc) is 2.74. The third kappa shape index (κ3) is 4.48. The summed E-state index contributed by atoms with van der Waals surface area (Å²) in [5, 5.41) is 0. The van der Waals surface area contributed by atoms with Gasteiger partial charge in [0, 0.05) is 62.5 Å². The Bertz CT molecular complexity index is 878. The number of nitrogens with one attached hydrogen (secondary N) is 1. The van der Waals surface area contributed by atoms with Gasteiger partial charge in [0.2, 0.25) is 5.91 Å². The number of nitrogens with zero attached hydrogens (tertiary/aromatic N) is 3. The molecular weight excluding hydrogens is 354 g/mol. The molecule has 0 unspecified atom stereocenters. The Balaban J connectivity index is 1.85. The van der Waals surface area contributed by atoms with Gasteiger partial charge in [0.05, 0.1) is 0 Å². The van der Waals surface area contributed by atoms with Crippen LogP contribution in [0.5, 0.6) is 0 Å². The molecule has 7 heteroatoms. The molecule has 2 aromatic rings. The van der Waals surface area contributed by atoms with E-state index in [1.54, 1.807) is 24.7 Å². The normalized spacial score (nSPS) is 17.1. The zero-order valence-electron chi connectivity index (χ0n) is 16.2. The van der Waals surface area contributed by atoms with Crippen molar-refractivity contribution in [2.75, 3.05) is 31.1 Å². The number of carbonyl (C=O) groups excluding carboxylic acids is 1. The van der Waals surface area contributed by atoms with Gasteiger partial charge in [-0.25, -0.2) is 0 Å². The molecule has 7 nitrogen and oxygen atoms in total. The number of rotatable bonds is 6. The highest BCUT2D eigenvalue weighted by Gasteiger charge is 2.28. The van der Waals surface area contributed by atoms with Gasteiger partial charge in [-0.05, 0) is 43.5 Å². The maximum Gasteiger partial charge on any atom is 0.271 e. The fourth-order valence-electron chi connectivity index (χ4n) is 3.70. The quantitative estimate of drug-likeness (QED) is 0.744. The molecule has 3 heterocycles. The number of hydrogen-bond acceptors (Lipinski definition) is 5. The molecular formula is C21H27N5O2. The number of aromatic nitrogens is 2. The van der Waals surface area contributed by atoms with Crippen molar-refractivity contribution in [1.82, 2.24) is 14.9 Å². The summed E-state index contributed by atoms with van der Waals surface area (Å²) in [7, 11) is 0. The van der Waals surface area contributed by atoms with Crippen molar-refractivity contribution < 1.29 is 4.79 Å². The number of piperidine rings is 1. The molecule has 1 amide bonds. The van der Waals surface area contributed by atoms with E-state index >= 15 is 0 Å². The molecule has 0 radical (unpaired) electrons. The fraction of sp³-hybridized carbons (Fsp3) is 0.381. The van der Waals surface area contributed by atoms with Crippen molar-refractivity contribution in [3.8, 4) is 11.1 Å². The predicted octanol–water partition coefficient (Wildman–Crippen LogP) is 1.77. The summed E-state index contributed by atoms with van der Waals surface area (Å²) in [6.45, 7) is 4.40. The highest BCUT2D eigenvalue weighted by molar-refractivity contribution is 5.87. The van der Waals surface area contributed by atoms with Gasteiger partial charge in [-0.1, -0.05) is 6.08 Å². The van der Waals surface area contributed by atoms with E-state index in [9.17, 15) is 9.59 Å². The Morgan fingerprint density at radius 2 is 2.18 bits per heavy atom. The number of amides is 1. The maximum absolute atomic E-state index is 12.6. The molecule has 2 aromatic heterocycles. The van der Waals surface area contributed by atoms with Crippen molar-refractivity contribution in [1.29, 1.82) is 0 Å². The first kappa shape index (κ1) is 19.8. The highest BCUT2D eigenvalue weighted by atomic mass is 16.2. The molecule has 1 aliphatic heterocycles. The van der Waals surface area contributed by atoms with Gasteiger partial charge in [0.15, 0.2) is 0 Å². The minimum absolute atomic E-state index is 0.0225. The van der Waals surface area contributed by atoms with E-state index in [1.807, 2.05) is 30.0 Å². The zero-order valence-corrected chi connectivity index (χ0v) is 16.2. The molecule has 3 rings (SSSR count). The van der Waals surface area contributed by atoms with Crippen LogP contribution in [-0.4, -0.2) is 53.0 Å². The minimum atomic E-state index is -0.119. The lowest BCUT2D eigenvalue weighted by Gasteiger charge is -2.39. The predicted molar refractivity (Wildman–Crippen MR) is 111 cm³/mol. The number of nitrogens with two attached hydrogens (primary N) is 1. The third-order valence-electron chi connectivity index (χ3n) is 5.09. The lowest BCUT2D eigenvalue weighted by molar-refractivity contribution is -0.127. The Labute approximate surface area is 164 Å². The maximum atomic E-state index is 12.6. The van der Waals surface area contributed by atoms with Crippen LogP contribution in [0.1, 0.15) is 19.8 Å². The second-order valence-corrected chi connectivity index (χ2v) is 6.84. The Morgan fingerprint density at radius 3 is 2.89 bits per heavy atom. The first-order chi connectivity index (χ1) is 13.6. The summed E-state index contributed by atoms with van der Waals surface area (Å²) in [6, 6.07) is 5.85. The standard InChI is InChI=1S/C21H27N5O2/c1-2-26(18-5-4-12-25(15-18)20(27)6-3-9-22)19-13-17(14-24-21(19)28)16-7-10-23-11-8-16/h3,6-8,10-11,13-14,18H,2,4-5,9,12,15,22H2,1H3,(H,24,28)/b6-3+/t18-/m0/s1. The zero-order chi connectivity index (χ0) is 19.9. The number of H-pyrrole nitrogens is 1. The Morgan fingerprint density at radius 1 is 1.39 bits per heavy atom. The molecule has 1 saturated heterocycles. The summed E-state index contributed by atoms with van der Waals surface area (Å²) in [5.41, 5.74) is 7.90. The van der Waals surface area contributed by atoms with Crippen LogP contribution in [0.15, 0.2) is 53.7 Å². The second-order valence-electron chi connectivity index (χ2n) is 6.84. The van der Waals surface area contributed by atoms with E-state index in [2.05, 4.69) is 14.9 Å². The molecule has 0 saturated carbocycles. The van der Waals surface area contributed by atoms with Crippen LogP contribution in [0.3, 0.4) is 0 Å². The van der Waals surface area contributed by atoms with Crippen LogP contribution in [0.2, 0.25) is 0 Å². The third-order valence-corrected chi connectivity index (χ3v) is 5.09. The Hall–Kier alpha value is -2.93. The van der Waals surface area contributed by atoms with E-state index in [0.717, 1.165) is 30.5 Å². The van der Waals surface area contributed by atoms with Crippen LogP contribution in [-0.2, 0) is 4.79 Å². The van der Waals surface area contributed by atoms with E-state index in [1.165, 1.54) is 6.08 Å². The summed E-state index contributed by atoms with van der Waals surface area (Å²) < 4.78 is 0. The Kier molecular flexibility index (Phi) is 6.60. The van der Waals surface area contributed by atoms with Gasteiger partial charge in [0.1, 0.15) is 5.69 Å². The summed E-state index contributed by atoms with van der Waals surface area (Å²) in [5.74, 6) is -0.0225. The van der Waals surface area contributed by atoms with Crippen LogP contribution in [0.4, 0.5) is 5.69 Å². The van der Waals surface area contributed by atoms with Crippen molar-refractivity contribution in [2.24, 2.45) is 5.73 Å². The highest BCUT2D eigenvalue weighted by Crippen LogP contribution is 2.24. The van der Waals surface area contributed by atoms with Crippen LogP contribution in [0, 0.1) is 0 Å².